The van der Waals surface area contributed by atoms with Crippen LogP contribution >= 0.6 is 0 Å². The van der Waals surface area contributed by atoms with Crippen LogP contribution in [0.4, 0.5) is 0 Å². The van der Waals surface area contributed by atoms with Crippen LogP contribution in [0.2, 0.25) is 0 Å². The second-order valence-corrected chi connectivity index (χ2v) is 22.1. The molecule has 0 aliphatic rings. The van der Waals surface area contributed by atoms with Gasteiger partial charge in [0.05, 0.1) is 25.4 Å². The van der Waals surface area contributed by atoms with Crippen LogP contribution in [-0.4, -0.2) is 47.4 Å². The van der Waals surface area contributed by atoms with E-state index in [4.69, 9.17) is 4.74 Å². The highest BCUT2D eigenvalue weighted by Crippen LogP contribution is 2.18. The van der Waals surface area contributed by atoms with E-state index in [1.807, 2.05) is 0 Å². The van der Waals surface area contributed by atoms with Gasteiger partial charge in [0.15, 0.2) is 0 Å². The maximum absolute atomic E-state index is 12.5. The van der Waals surface area contributed by atoms with Gasteiger partial charge in [0.1, 0.15) is 0 Å². The number of esters is 1. The van der Waals surface area contributed by atoms with Gasteiger partial charge in [0.2, 0.25) is 5.91 Å². The fourth-order valence-electron chi connectivity index (χ4n) is 10.1. The van der Waals surface area contributed by atoms with E-state index in [1.54, 1.807) is 0 Å². The molecule has 0 aromatic heterocycles. The molecule has 0 rings (SSSR count). The number of ether oxygens (including phenoxy) is 1. The lowest BCUT2D eigenvalue weighted by atomic mass is 10.0. The van der Waals surface area contributed by atoms with E-state index in [9.17, 15) is 19.8 Å². The van der Waals surface area contributed by atoms with Crippen LogP contribution < -0.4 is 5.32 Å². The van der Waals surface area contributed by atoms with Gasteiger partial charge in [-0.1, -0.05) is 308 Å². The van der Waals surface area contributed by atoms with Crippen molar-refractivity contribution in [1.29, 1.82) is 0 Å². The summed E-state index contributed by atoms with van der Waals surface area (Å²) in [6.45, 7) is 4.95. The summed E-state index contributed by atoms with van der Waals surface area (Å²) in [5, 5.41) is 23.3. The number of rotatable bonds is 60. The molecule has 0 radical (unpaired) electrons. The molecule has 71 heavy (non-hydrogen) atoms. The van der Waals surface area contributed by atoms with Crippen LogP contribution in [0.15, 0.2) is 24.3 Å². The number of aliphatic hydroxyl groups excluding tert-OH is 2. The average molecular weight is 1000 g/mol. The van der Waals surface area contributed by atoms with Crippen LogP contribution in [0.3, 0.4) is 0 Å². The molecule has 0 fully saturated rings. The van der Waals surface area contributed by atoms with Crippen molar-refractivity contribution in [2.45, 2.75) is 366 Å². The Morgan fingerprint density at radius 3 is 1.08 bits per heavy atom. The predicted molar refractivity (Wildman–Crippen MR) is 310 cm³/mol. The molecule has 0 heterocycles. The van der Waals surface area contributed by atoms with Gasteiger partial charge in [-0.3, -0.25) is 9.59 Å². The topological polar surface area (TPSA) is 95.9 Å². The number of amides is 1. The minimum atomic E-state index is -0.664. The van der Waals surface area contributed by atoms with Crippen LogP contribution in [0.25, 0.3) is 0 Å². The molecule has 3 N–H and O–H groups in total. The Hall–Kier alpha value is -1.66. The van der Waals surface area contributed by atoms with Gasteiger partial charge in [0.25, 0.3) is 0 Å². The van der Waals surface area contributed by atoms with E-state index in [0.29, 0.717) is 25.9 Å². The molecule has 420 valence electrons. The summed E-state index contributed by atoms with van der Waals surface area (Å²) in [6, 6.07) is -0.541. The van der Waals surface area contributed by atoms with Gasteiger partial charge < -0.3 is 20.3 Å². The molecule has 6 heteroatoms. The van der Waals surface area contributed by atoms with Crippen molar-refractivity contribution >= 4 is 11.9 Å². The molecule has 0 spiro atoms. The van der Waals surface area contributed by atoms with Crippen molar-refractivity contribution < 1.29 is 24.5 Å². The average Bonchev–Trinajstić information content (AvgIpc) is 3.37. The third-order valence-corrected chi connectivity index (χ3v) is 15.0. The molecule has 0 aromatic carbocycles. The lowest BCUT2D eigenvalue weighted by Gasteiger charge is -2.22. The molecule has 0 aliphatic heterocycles. The monoisotopic (exact) mass is 1000 g/mol. The third kappa shape index (κ3) is 57.5. The van der Waals surface area contributed by atoms with E-state index in [2.05, 4.69) is 43.5 Å². The summed E-state index contributed by atoms with van der Waals surface area (Å²) in [5.74, 6) is -0.0309. The van der Waals surface area contributed by atoms with Crippen molar-refractivity contribution in [1.82, 2.24) is 5.32 Å². The summed E-state index contributed by atoms with van der Waals surface area (Å²) in [4.78, 5) is 24.6. The first-order chi connectivity index (χ1) is 35.0. The number of aliphatic hydroxyl groups is 2. The third-order valence-electron chi connectivity index (χ3n) is 15.0. The first-order valence-electron chi connectivity index (χ1n) is 32.1. The van der Waals surface area contributed by atoms with Crippen LogP contribution in [0.1, 0.15) is 354 Å². The first kappa shape index (κ1) is 69.3. The van der Waals surface area contributed by atoms with Crippen molar-refractivity contribution in [2.75, 3.05) is 13.2 Å². The van der Waals surface area contributed by atoms with Crippen molar-refractivity contribution in [3.05, 3.63) is 24.3 Å². The Labute approximate surface area is 443 Å². The van der Waals surface area contributed by atoms with Crippen LogP contribution in [-0.2, 0) is 14.3 Å². The Balaban J connectivity index is 3.37. The molecule has 0 bridgehead atoms. The number of hydrogen-bond donors (Lipinski definition) is 3. The van der Waals surface area contributed by atoms with E-state index in [0.717, 1.165) is 51.4 Å². The summed E-state index contributed by atoms with van der Waals surface area (Å²) in [7, 11) is 0. The minimum absolute atomic E-state index is 0.00145. The fraction of sp³-hybridized carbons (Fsp3) is 0.908. The molecular weight excluding hydrogens is 875 g/mol. The summed E-state index contributed by atoms with van der Waals surface area (Å²) in [5.41, 5.74) is 0. The molecule has 0 aliphatic carbocycles. The maximum Gasteiger partial charge on any atom is 0.305 e. The minimum Gasteiger partial charge on any atom is -0.466 e. The Morgan fingerprint density at radius 2 is 0.704 bits per heavy atom. The molecule has 6 nitrogen and oxygen atoms in total. The highest BCUT2D eigenvalue weighted by molar-refractivity contribution is 5.76. The Bertz CT molecular complexity index is 1110. The second-order valence-electron chi connectivity index (χ2n) is 22.1. The highest BCUT2D eigenvalue weighted by Gasteiger charge is 2.20. The van der Waals surface area contributed by atoms with Crippen LogP contribution in [0.5, 0.6) is 0 Å². The van der Waals surface area contributed by atoms with Gasteiger partial charge >= 0.3 is 5.97 Å². The molecular formula is C65H125NO5. The first-order valence-corrected chi connectivity index (χ1v) is 32.1. The number of hydrogen-bond acceptors (Lipinski definition) is 5. The van der Waals surface area contributed by atoms with Gasteiger partial charge in [0, 0.05) is 12.8 Å². The number of nitrogens with one attached hydrogen (secondary N) is 1. The Kier molecular flexibility index (Phi) is 59.5. The normalized spacial score (nSPS) is 12.7. The van der Waals surface area contributed by atoms with E-state index < -0.39 is 12.1 Å². The smallest absolute Gasteiger partial charge is 0.305 e. The molecule has 2 unspecified atom stereocenters. The van der Waals surface area contributed by atoms with E-state index in [1.165, 1.54) is 270 Å². The van der Waals surface area contributed by atoms with Gasteiger partial charge in [-0.2, -0.15) is 0 Å². The number of unbranched alkanes of at least 4 members (excludes halogenated alkanes) is 45. The number of carbonyl (C=O) groups is 2. The van der Waals surface area contributed by atoms with Crippen molar-refractivity contribution in [3.8, 4) is 0 Å². The Morgan fingerprint density at radius 1 is 0.394 bits per heavy atom. The molecule has 2 atom stereocenters. The fourth-order valence-corrected chi connectivity index (χ4v) is 10.1. The van der Waals surface area contributed by atoms with Crippen molar-refractivity contribution in [2.24, 2.45) is 0 Å². The molecule has 0 aromatic rings. The van der Waals surface area contributed by atoms with E-state index in [-0.39, 0.29) is 18.5 Å². The highest BCUT2D eigenvalue weighted by atomic mass is 16.5. The molecule has 0 saturated carbocycles. The molecule has 0 saturated heterocycles. The summed E-state index contributed by atoms with van der Waals surface area (Å²) < 4.78 is 5.48. The lowest BCUT2D eigenvalue weighted by molar-refractivity contribution is -0.143. The number of carbonyl (C=O) groups excluding carboxylic acids is 2. The summed E-state index contributed by atoms with van der Waals surface area (Å²) >= 11 is 0. The van der Waals surface area contributed by atoms with Gasteiger partial charge in [-0.15, -0.1) is 0 Å². The zero-order valence-corrected chi connectivity index (χ0v) is 48.0. The maximum atomic E-state index is 12.5. The standard InChI is InChI=1S/C65H125NO5/c1-3-5-7-9-11-13-15-17-19-31-35-39-43-47-51-55-59-65(70)71-60-56-52-48-44-40-36-32-28-26-24-22-20-21-23-25-27-30-34-38-42-46-50-54-58-64(69)66-62(61-67)63(68)57-53-49-45-41-37-33-29-18-16-14-12-10-8-6-4-2/h13,15,19,31,62-63,67-68H,3-12,14,16-18,20-30,32-61H2,1-2H3,(H,66,69)/b15-13-,31-19-. The lowest BCUT2D eigenvalue weighted by Crippen LogP contribution is -2.45. The largest absolute Gasteiger partial charge is 0.466 e. The van der Waals surface area contributed by atoms with Crippen molar-refractivity contribution in [3.63, 3.8) is 0 Å². The van der Waals surface area contributed by atoms with E-state index >= 15 is 0 Å². The SMILES string of the molecule is CCCCCC/C=C\C/C=C\CCCCCCCC(=O)OCCCCCCCCCCCCCCCCCCCCCCCCCC(=O)NC(CO)C(O)CCCCCCCCCCCCCCCCC. The summed E-state index contributed by atoms with van der Waals surface area (Å²) in [6.07, 6.45) is 74.8. The predicted octanol–water partition coefficient (Wildman–Crippen LogP) is 20.2. The number of allylic oxidation sites excluding steroid dienone is 4. The van der Waals surface area contributed by atoms with Crippen LogP contribution in [0, 0.1) is 0 Å². The van der Waals surface area contributed by atoms with Gasteiger partial charge in [-0.05, 0) is 57.8 Å². The quantitative estimate of drug-likeness (QED) is 0.0320. The van der Waals surface area contributed by atoms with Gasteiger partial charge in [-0.25, -0.2) is 0 Å². The zero-order chi connectivity index (χ0) is 51.4. The molecule has 1 amide bonds. The zero-order valence-electron chi connectivity index (χ0n) is 48.0. The second kappa shape index (κ2) is 60.9.